The molecule has 2 aliphatic rings. The molecule has 3 atom stereocenters. The Morgan fingerprint density at radius 2 is 2.20 bits per heavy atom. The SMILES string of the molecule is Cc1ccc(C(C)CCN2CC3CCCN3C[C@H]2C)o1. The lowest BCUT2D eigenvalue weighted by molar-refractivity contribution is 0.0573. The number of fused-ring (bicyclic) bond motifs is 1. The highest BCUT2D eigenvalue weighted by atomic mass is 16.3. The van der Waals surface area contributed by atoms with E-state index < -0.39 is 0 Å². The number of nitrogens with zero attached hydrogens (tertiary/aromatic N) is 2. The molecule has 0 radical (unpaired) electrons. The van der Waals surface area contributed by atoms with E-state index in [1.54, 1.807) is 0 Å². The molecule has 112 valence electrons. The van der Waals surface area contributed by atoms with Crippen LogP contribution < -0.4 is 0 Å². The zero-order chi connectivity index (χ0) is 14.1. The van der Waals surface area contributed by atoms with Gasteiger partial charge in [-0.3, -0.25) is 9.80 Å². The normalized spacial score (nSPS) is 29.6. The van der Waals surface area contributed by atoms with E-state index >= 15 is 0 Å². The monoisotopic (exact) mass is 276 g/mol. The van der Waals surface area contributed by atoms with Crippen LogP contribution in [-0.2, 0) is 0 Å². The topological polar surface area (TPSA) is 19.6 Å². The first-order valence-corrected chi connectivity index (χ1v) is 8.18. The summed E-state index contributed by atoms with van der Waals surface area (Å²) in [4.78, 5) is 5.39. The maximum absolute atomic E-state index is 5.75. The lowest BCUT2D eigenvalue weighted by atomic mass is 10.0. The maximum Gasteiger partial charge on any atom is 0.107 e. The predicted molar refractivity (Wildman–Crippen MR) is 82.1 cm³/mol. The fourth-order valence-corrected chi connectivity index (χ4v) is 3.78. The second kappa shape index (κ2) is 5.90. The molecule has 0 bridgehead atoms. The van der Waals surface area contributed by atoms with Gasteiger partial charge in [0, 0.05) is 31.1 Å². The van der Waals surface area contributed by atoms with Crippen molar-refractivity contribution in [2.45, 2.75) is 58.0 Å². The molecular formula is C17H28N2O. The molecule has 3 heteroatoms. The van der Waals surface area contributed by atoms with Crippen LogP contribution in [0.15, 0.2) is 16.5 Å². The minimum absolute atomic E-state index is 0.525. The van der Waals surface area contributed by atoms with Crippen molar-refractivity contribution in [3.8, 4) is 0 Å². The fraction of sp³-hybridized carbons (Fsp3) is 0.765. The Kier molecular flexibility index (Phi) is 4.18. The van der Waals surface area contributed by atoms with Crippen LogP contribution in [0.3, 0.4) is 0 Å². The summed E-state index contributed by atoms with van der Waals surface area (Å²) >= 11 is 0. The van der Waals surface area contributed by atoms with E-state index in [2.05, 4.69) is 35.8 Å². The Hall–Kier alpha value is -0.800. The minimum Gasteiger partial charge on any atom is -0.466 e. The number of rotatable bonds is 4. The number of hydrogen-bond acceptors (Lipinski definition) is 3. The molecular weight excluding hydrogens is 248 g/mol. The second-order valence-corrected chi connectivity index (χ2v) is 6.77. The summed E-state index contributed by atoms with van der Waals surface area (Å²) in [5.74, 6) is 2.70. The van der Waals surface area contributed by atoms with Crippen LogP contribution >= 0.6 is 0 Å². The van der Waals surface area contributed by atoms with Gasteiger partial charge in [0.25, 0.3) is 0 Å². The lowest BCUT2D eigenvalue weighted by Crippen LogP contribution is -2.55. The molecule has 1 aromatic rings. The maximum atomic E-state index is 5.75. The van der Waals surface area contributed by atoms with Crippen molar-refractivity contribution < 1.29 is 4.42 Å². The minimum atomic E-state index is 0.525. The summed E-state index contributed by atoms with van der Waals surface area (Å²) in [5, 5.41) is 0. The lowest BCUT2D eigenvalue weighted by Gasteiger charge is -2.42. The molecule has 3 rings (SSSR count). The number of piperazine rings is 1. The van der Waals surface area contributed by atoms with Gasteiger partial charge in [0.1, 0.15) is 11.5 Å². The van der Waals surface area contributed by atoms with Gasteiger partial charge < -0.3 is 4.42 Å². The summed E-state index contributed by atoms with van der Waals surface area (Å²) in [6, 6.07) is 5.74. The second-order valence-electron chi connectivity index (χ2n) is 6.77. The van der Waals surface area contributed by atoms with Crippen LogP contribution in [-0.4, -0.2) is 48.1 Å². The summed E-state index contributed by atoms with van der Waals surface area (Å²) < 4.78 is 5.75. The Morgan fingerprint density at radius 3 is 2.95 bits per heavy atom. The number of hydrogen-bond donors (Lipinski definition) is 0. The number of furan rings is 1. The largest absolute Gasteiger partial charge is 0.466 e. The summed E-state index contributed by atoms with van der Waals surface area (Å²) in [6.07, 6.45) is 3.99. The van der Waals surface area contributed by atoms with Crippen molar-refractivity contribution in [2.75, 3.05) is 26.2 Å². The highest BCUT2D eigenvalue weighted by molar-refractivity contribution is 5.09. The van der Waals surface area contributed by atoms with Crippen molar-refractivity contribution in [3.05, 3.63) is 23.7 Å². The smallest absolute Gasteiger partial charge is 0.107 e. The van der Waals surface area contributed by atoms with Gasteiger partial charge in [-0.1, -0.05) is 6.92 Å². The Labute approximate surface area is 122 Å². The average Bonchev–Trinajstić information content (AvgIpc) is 3.04. The van der Waals surface area contributed by atoms with E-state index in [9.17, 15) is 0 Å². The third-order valence-electron chi connectivity index (χ3n) is 5.16. The van der Waals surface area contributed by atoms with Crippen LogP contribution in [0.5, 0.6) is 0 Å². The van der Waals surface area contributed by atoms with Gasteiger partial charge in [0.2, 0.25) is 0 Å². The van der Waals surface area contributed by atoms with E-state index in [1.807, 2.05) is 6.92 Å². The van der Waals surface area contributed by atoms with E-state index in [0.717, 1.165) is 17.6 Å². The van der Waals surface area contributed by atoms with Crippen molar-refractivity contribution in [2.24, 2.45) is 0 Å². The molecule has 0 aliphatic carbocycles. The van der Waals surface area contributed by atoms with Gasteiger partial charge in [-0.05, 0) is 58.3 Å². The molecule has 0 spiro atoms. The van der Waals surface area contributed by atoms with Crippen LogP contribution in [0.2, 0.25) is 0 Å². The van der Waals surface area contributed by atoms with Crippen LogP contribution in [0.1, 0.15) is 50.5 Å². The van der Waals surface area contributed by atoms with Crippen LogP contribution in [0.4, 0.5) is 0 Å². The van der Waals surface area contributed by atoms with Gasteiger partial charge in [-0.25, -0.2) is 0 Å². The third kappa shape index (κ3) is 2.94. The summed E-state index contributed by atoms with van der Waals surface area (Å²) in [7, 11) is 0. The van der Waals surface area contributed by atoms with Crippen molar-refractivity contribution in [3.63, 3.8) is 0 Å². The molecule has 2 fully saturated rings. The van der Waals surface area contributed by atoms with Gasteiger partial charge >= 0.3 is 0 Å². The van der Waals surface area contributed by atoms with E-state index in [-0.39, 0.29) is 0 Å². The van der Waals surface area contributed by atoms with Crippen LogP contribution in [0, 0.1) is 6.92 Å². The third-order valence-corrected chi connectivity index (χ3v) is 5.16. The van der Waals surface area contributed by atoms with Crippen molar-refractivity contribution in [1.82, 2.24) is 9.80 Å². The van der Waals surface area contributed by atoms with Gasteiger partial charge in [0.05, 0.1) is 0 Å². The first-order valence-electron chi connectivity index (χ1n) is 8.18. The molecule has 20 heavy (non-hydrogen) atoms. The van der Waals surface area contributed by atoms with Crippen molar-refractivity contribution in [1.29, 1.82) is 0 Å². The zero-order valence-corrected chi connectivity index (χ0v) is 13.1. The molecule has 2 unspecified atom stereocenters. The van der Waals surface area contributed by atoms with E-state index in [1.165, 1.54) is 45.4 Å². The Bertz CT molecular complexity index is 442. The molecule has 0 saturated carbocycles. The van der Waals surface area contributed by atoms with E-state index in [0.29, 0.717) is 12.0 Å². The molecule has 0 aromatic carbocycles. The molecule has 2 saturated heterocycles. The van der Waals surface area contributed by atoms with Crippen LogP contribution in [0.25, 0.3) is 0 Å². The van der Waals surface area contributed by atoms with Crippen molar-refractivity contribution >= 4 is 0 Å². The standard InChI is InChI=1S/C17H28N2O/c1-13(17-7-6-15(3)20-17)8-10-18-12-16-5-4-9-19(16)11-14(18)2/h6-7,13-14,16H,4-5,8-12H2,1-3H3/t13?,14-,16?/m1/s1. The molecule has 3 heterocycles. The van der Waals surface area contributed by atoms with Gasteiger partial charge in [-0.2, -0.15) is 0 Å². The highest BCUT2D eigenvalue weighted by Gasteiger charge is 2.34. The highest BCUT2D eigenvalue weighted by Crippen LogP contribution is 2.27. The molecule has 0 N–H and O–H groups in total. The van der Waals surface area contributed by atoms with Gasteiger partial charge in [0.15, 0.2) is 0 Å². The molecule has 2 aliphatic heterocycles. The predicted octanol–water partition coefficient (Wildman–Crippen LogP) is 3.25. The summed E-state index contributed by atoms with van der Waals surface area (Å²) in [6.45, 7) is 11.8. The quantitative estimate of drug-likeness (QED) is 0.841. The molecule has 1 aromatic heterocycles. The average molecular weight is 276 g/mol. The van der Waals surface area contributed by atoms with E-state index in [4.69, 9.17) is 4.42 Å². The van der Waals surface area contributed by atoms with Gasteiger partial charge in [-0.15, -0.1) is 0 Å². The fourth-order valence-electron chi connectivity index (χ4n) is 3.78. The summed E-state index contributed by atoms with van der Waals surface area (Å²) in [5.41, 5.74) is 0. The number of aryl methyl sites for hydroxylation is 1. The Morgan fingerprint density at radius 1 is 1.35 bits per heavy atom. The Balaban J connectivity index is 1.52. The first-order chi connectivity index (χ1) is 9.63. The molecule has 0 amide bonds. The zero-order valence-electron chi connectivity index (χ0n) is 13.1. The molecule has 3 nitrogen and oxygen atoms in total. The first kappa shape index (κ1) is 14.2.